The number of hydrogen-bond acceptors (Lipinski definition) is 2. The maximum Gasteiger partial charge on any atom is 0.168 e. The van der Waals surface area contributed by atoms with Crippen LogP contribution in [0.4, 0.5) is 0 Å². The summed E-state index contributed by atoms with van der Waals surface area (Å²) in [5.74, 6) is 0.0457. The van der Waals surface area contributed by atoms with Crippen LogP contribution in [0.1, 0.15) is 20.8 Å². The number of thiophene rings is 1. The third-order valence-electron chi connectivity index (χ3n) is 2.45. The maximum atomic E-state index is 12.0. The van der Waals surface area contributed by atoms with Crippen LogP contribution in [0.5, 0.6) is 0 Å². The quantitative estimate of drug-likeness (QED) is 0.741. The summed E-state index contributed by atoms with van der Waals surface area (Å²) in [7, 11) is 0. The number of benzene rings is 1. The van der Waals surface area contributed by atoms with Gasteiger partial charge >= 0.3 is 0 Å². The van der Waals surface area contributed by atoms with Gasteiger partial charge in [-0.3, -0.25) is 4.79 Å². The Morgan fingerprint density at radius 3 is 2.47 bits per heavy atom. The largest absolute Gasteiger partial charge is 0.294 e. The summed E-state index contributed by atoms with van der Waals surface area (Å²) < 4.78 is 0. The molecule has 0 saturated carbocycles. The lowest BCUT2D eigenvalue weighted by Gasteiger charge is -2.05. The number of carbonyl (C=O) groups is 1. The second-order valence-corrected chi connectivity index (χ2v) is 5.68. The Hall–Kier alpha value is -0.830. The molecule has 0 aliphatic rings. The van der Waals surface area contributed by atoms with Crippen molar-refractivity contribution in [2.75, 3.05) is 0 Å². The molecule has 0 bridgehead atoms. The smallest absolute Gasteiger partial charge is 0.168 e. The lowest BCUT2D eigenvalue weighted by Crippen LogP contribution is -2.03. The summed E-state index contributed by atoms with van der Waals surface area (Å²) in [4.78, 5) is 13.1. The minimum Gasteiger partial charge on any atom is -0.294 e. The van der Waals surface area contributed by atoms with Gasteiger partial charge in [-0.1, -0.05) is 29.3 Å². The Morgan fingerprint density at radius 1 is 1.29 bits per heavy atom. The number of Topliss-reactive ketones (excluding diaryl/α,β-unsaturated/α-hetero) is 1. The molecule has 0 atom stereocenters. The van der Waals surface area contributed by atoms with Gasteiger partial charge in [0.1, 0.15) is 0 Å². The average molecular weight is 285 g/mol. The summed E-state index contributed by atoms with van der Waals surface area (Å²) >= 11 is 13.6. The fraction of sp³-hybridized carbons (Fsp3) is 0.154. The van der Waals surface area contributed by atoms with Crippen LogP contribution < -0.4 is 0 Å². The average Bonchev–Trinajstić information content (AvgIpc) is 2.70. The van der Waals surface area contributed by atoms with Crippen LogP contribution in [-0.2, 0) is 6.42 Å². The Labute approximate surface area is 114 Å². The van der Waals surface area contributed by atoms with Crippen molar-refractivity contribution in [3.63, 3.8) is 0 Å². The number of rotatable bonds is 3. The lowest BCUT2D eigenvalue weighted by molar-refractivity contribution is 0.0993. The zero-order valence-corrected chi connectivity index (χ0v) is 11.5. The highest BCUT2D eigenvalue weighted by molar-refractivity contribution is 7.10. The molecule has 17 heavy (non-hydrogen) atoms. The fourth-order valence-corrected chi connectivity index (χ4v) is 2.79. The van der Waals surface area contributed by atoms with E-state index in [1.165, 1.54) is 0 Å². The van der Waals surface area contributed by atoms with Crippen molar-refractivity contribution in [1.82, 2.24) is 0 Å². The molecule has 2 rings (SSSR count). The first-order chi connectivity index (χ1) is 8.08. The molecule has 0 N–H and O–H groups in total. The molecule has 0 amide bonds. The number of ketones is 1. The highest BCUT2D eigenvalue weighted by Crippen LogP contribution is 2.26. The molecule has 1 heterocycles. The van der Waals surface area contributed by atoms with E-state index in [4.69, 9.17) is 23.2 Å². The molecular weight excluding hydrogens is 275 g/mol. The van der Waals surface area contributed by atoms with Gasteiger partial charge in [0.05, 0.1) is 0 Å². The number of aryl methyl sites for hydroxylation is 1. The van der Waals surface area contributed by atoms with Gasteiger partial charge in [0.15, 0.2) is 5.78 Å². The summed E-state index contributed by atoms with van der Waals surface area (Å²) in [5.41, 5.74) is 1.42. The minimum atomic E-state index is 0.0457. The molecule has 1 aromatic heterocycles. The maximum absolute atomic E-state index is 12.0. The van der Waals surface area contributed by atoms with E-state index in [1.807, 2.05) is 18.4 Å². The van der Waals surface area contributed by atoms with Crippen molar-refractivity contribution in [1.29, 1.82) is 0 Å². The molecule has 88 valence electrons. The molecular formula is C13H10Cl2OS. The van der Waals surface area contributed by atoms with Gasteiger partial charge in [-0.25, -0.2) is 0 Å². The first-order valence-electron chi connectivity index (χ1n) is 5.09. The molecule has 0 radical (unpaired) electrons. The van der Waals surface area contributed by atoms with E-state index in [0.29, 0.717) is 15.6 Å². The van der Waals surface area contributed by atoms with Crippen LogP contribution in [0.25, 0.3) is 0 Å². The van der Waals surface area contributed by atoms with E-state index in [9.17, 15) is 4.79 Å². The Kier molecular flexibility index (Phi) is 3.87. The summed E-state index contributed by atoms with van der Waals surface area (Å²) in [6.45, 7) is 1.98. The van der Waals surface area contributed by atoms with Crippen LogP contribution >= 0.6 is 34.5 Å². The van der Waals surface area contributed by atoms with Crippen LogP contribution in [0.3, 0.4) is 0 Å². The lowest BCUT2D eigenvalue weighted by atomic mass is 10.1. The second-order valence-electron chi connectivity index (χ2n) is 3.75. The van der Waals surface area contributed by atoms with E-state index >= 15 is 0 Å². The molecule has 4 heteroatoms. The third-order valence-corrected chi connectivity index (χ3v) is 4.02. The van der Waals surface area contributed by atoms with Gasteiger partial charge in [-0.2, -0.15) is 0 Å². The monoisotopic (exact) mass is 284 g/mol. The van der Waals surface area contributed by atoms with Crippen molar-refractivity contribution in [2.24, 2.45) is 0 Å². The van der Waals surface area contributed by atoms with Crippen molar-refractivity contribution in [3.05, 3.63) is 55.7 Å². The molecule has 0 spiro atoms. The normalized spacial score (nSPS) is 10.5. The molecule has 0 saturated heterocycles. The van der Waals surface area contributed by atoms with Gasteiger partial charge in [-0.05, 0) is 30.7 Å². The van der Waals surface area contributed by atoms with Crippen LogP contribution in [-0.4, -0.2) is 5.78 Å². The Balaban J connectivity index is 2.24. The predicted molar refractivity (Wildman–Crippen MR) is 73.6 cm³/mol. The van der Waals surface area contributed by atoms with Gasteiger partial charge in [-0.15, -0.1) is 11.3 Å². The zero-order chi connectivity index (χ0) is 12.4. The topological polar surface area (TPSA) is 17.1 Å². The predicted octanol–water partition coefficient (Wildman–Crippen LogP) is 4.79. The van der Waals surface area contributed by atoms with E-state index in [-0.39, 0.29) is 12.2 Å². The van der Waals surface area contributed by atoms with Crippen LogP contribution in [0, 0.1) is 6.92 Å². The summed E-state index contributed by atoms with van der Waals surface area (Å²) in [6, 6.07) is 7.15. The molecule has 2 aromatic rings. The Morgan fingerprint density at radius 2 is 1.94 bits per heavy atom. The van der Waals surface area contributed by atoms with Gasteiger partial charge < -0.3 is 0 Å². The Bertz CT molecular complexity index is 540. The molecule has 0 aliphatic carbocycles. The molecule has 1 nitrogen and oxygen atoms in total. The van der Waals surface area contributed by atoms with Crippen molar-refractivity contribution in [2.45, 2.75) is 13.3 Å². The highest BCUT2D eigenvalue weighted by Gasteiger charge is 2.13. The van der Waals surface area contributed by atoms with Gasteiger partial charge in [0, 0.05) is 32.3 Å². The second kappa shape index (κ2) is 5.21. The van der Waals surface area contributed by atoms with Crippen molar-refractivity contribution >= 4 is 40.3 Å². The highest BCUT2D eigenvalue weighted by atomic mass is 35.5. The van der Waals surface area contributed by atoms with Crippen molar-refractivity contribution in [3.8, 4) is 0 Å². The number of carbonyl (C=O) groups excluding carboxylic acids is 1. The minimum absolute atomic E-state index is 0.0457. The first-order valence-corrected chi connectivity index (χ1v) is 6.72. The zero-order valence-electron chi connectivity index (χ0n) is 9.17. The SMILES string of the molecule is Cc1cc(C(=O)Cc2c(Cl)cccc2Cl)cs1. The van der Waals surface area contributed by atoms with E-state index in [2.05, 4.69) is 0 Å². The van der Waals surface area contributed by atoms with E-state index in [1.54, 1.807) is 29.5 Å². The molecule has 0 aliphatic heterocycles. The van der Waals surface area contributed by atoms with E-state index < -0.39 is 0 Å². The number of hydrogen-bond donors (Lipinski definition) is 0. The first kappa shape index (κ1) is 12.6. The standard InChI is InChI=1S/C13H10Cl2OS/c1-8-5-9(7-17-8)13(16)6-10-11(14)3-2-4-12(10)15/h2-5,7H,6H2,1H3. The van der Waals surface area contributed by atoms with Gasteiger partial charge in [0.25, 0.3) is 0 Å². The van der Waals surface area contributed by atoms with Crippen molar-refractivity contribution < 1.29 is 4.79 Å². The van der Waals surface area contributed by atoms with E-state index in [0.717, 1.165) is 10.4 Å². The molecule has 1 aromatic carbocycles. The van der Waals surface area contributed by atoms with Gasteiger partial charge in [0.2, 0.25) is 0 Å². The fourth-order valence-electron chi connectivity index (χ4n) is 1.55. The van der Waals surface area contributed by atoms with Crippen LogP contribution in [0.2, 0.25) is 10.0 Å². The third kappa shape index (κ3) is 2.89. The van der Waals surface area contributed by atoms with Crippen LogP contribution in [0.15, 0.2) is 29.6 Å². The summed E-state index contributed by atoms with van der Waals surface area (Å²) in [6.07, 6.45) is 0.245. The molecule has 0 fully saturated rings. The molecule has 0 unspecified atom stereocenters. The summed E-state index contributed by atoms with van der Waals surface area (Å²) in [5, 5.41) is 2.94. The number of halogens is 2.